The number of methoxy groups -OCH3 is 2. The van der Waals surface area contributed by atoms with E-state index in [1.54, 1.807) is 14.2 Å². The van der Waals surface area contributed by atoms with Crippen LogP contribution in [-0.4, -0.2) is 48.3 Å². The zero-order chi connectivity index (χ0) is 23.0. The lowest BCUT2D eigenvalue weighted by atomic mass is 9.71. The van der Waals surface area contributed by atoms with Crippen LogP contribution in [0.2, 0.25) is 0 Å². The number of ether oxygens (including phenoxy) is 2. The normalized spacial score (nSPS) is 19.2. The molecule has 3 aliphatic rings. The summed E-state index contributed by atoms with van der Waals surface area (Å²) < 4.78 is 11.6. The molecule has 1 aromatic rings. The highest BCUT2D eigenvalue weighted by Gasteiger charge is 2.43. The second-order valence-electron chi connectivity index (χ2n) is 8.24. The van der Waals surface area contributed by atoms with Gasteiger partial charge in [-0.1, -0.05) is 0 Å². The molecule has 0 spiro atoms. The van der Waals surface area contributed by atoms with Crippen molar-refractivity contribution in [2.24, 2.45) is 0 Å². The minimum absolute atomic E-state index is 0.0207. The van der Waals surface area contributed by atoms with Gasteiger partial charge in [-0.25, -0.2) is 0 Å². The molecule has 32 heavy (non-hydrogen) atoms. The van der Waals surface area contributed by atoms with Crippen molar-refractivity contribution in [1.82, 2.24) is 4.90 Å². The minimum atomic E-state index is -0.899. The van der Waals surface area contributed by atoms with Crippen LogP contribution < -0.4 is 9.47 Å². The molecule has 0 amide bonds. The van der Waals surface area contributed by atoms with Crippen LogP contribution in [-0.2, 0) is 14.4 Å². The van der Waals surface area contributed by atoms with Crippen LogP contribution in [0.3, 0.4) is 0 Å². The number of hydrogen-bond donors (Lipinski definition) is 1. The molecule has 2 aliphatic carbocycles. The summed E-state index contributed by atoms with van der Waals surface area (Å²) >= 11 is 3.54. The number of halogens is 1. The van der Waals surface area contributed by atoms with Gasteiger partial charge in [-0.15, -0.1) is 0 Å². The third kappa shape index (κ3) is 3.85. The summed E-state index contributed by atoms with van der Waals surface area (Å²) in [4.78, 5) is 39.8. The van der Waals surface area contributed by atoms with Gasteiger partial charge in [0.25, 0.3) is 0 Å². The number of carboxylic acids is 1. The molecule has 1 heterocycles. The number of rotatable bonds is 6. The number of allylic oxidation sites excluding steroid dienone is 4. The number of aliphatic carboxylic acids is 1. The van der Waals surface area contributed by atoms with E-state index in [9.17, 15) is 19.5 Å². The Morgan fingerprint density at radius 1 is 1.03 bits per heavy atom. The third-order valence-electron chi connectivity index (χ3n) is 6.42. The van der Waals surface area contributed by atoms with Crippen molar-refractivity contribution in [2.75, 3.05) is 20.8 Å². The maximum atomic E-state index is 13.2. The summed E-state index contributed by atoms with van der Waals surface area (Å²) in [5.41, 5.74) is 3.76. The zero-order valence-electron chi connectivity index (χ0n) is 18.2. The molecule has 0 atom stereocenters. The van der Waals surface area contributed by atoms with Crippen molar-refractivity contribution in [3.8, 4) is 11.5 Å². The number of carbonyl (C=O) groups is 3. The second kappa shape index (κ2) is 9.10. The molecule has 7 nitrogen and oxygen atoms in total. The fourth-order valence-corrected chi connectivity index (χ4v) is 5.75. The molecule has 0 bridgehead atoms. The number of carbonyl (C=O) groups excluding carboxylic acids is 2. The van der Waals surface area contributed by atoms with Crippen molar-refractivity contribution in [1.29, 1.82) is 0 Å². The van der Waals surface area contributed by atoms with Gasteiger partial charge in [0.2, 0.25) is 0 Å². The number of hydrogen-bond acceptors (Lipinski definition) is 6. The number of carboxylic acid groups (broad SMARTS) is 1. The quantitative estimate of drug-likeness (QED) is 0.616. The largest absolute Gasteiger partial charge is 0.493 e. The Kier molecular flexibility index (Phi) is 6.42. The van der Waals surface area contributed by atoms with Gasteiger partial charge < -0.3 is 19.5 Å². The Labute approximate surface area is 195 Å². The van der Waals surface area contributed by atoms with Gasteiger partial charge in [-0.05, 0) is 59.3 Å². The number of benzene rings is 1. The van der Waals surface area contributed by atoms with E-state index in [4.69, 9.17) is 9.47 Å². The molecular formula is C24H26BrNO6. The monoisotopic (exact) mass is 503 g/mol. The molecule has 0 fully saturated rings. The van der Waals surface area contributed by atoms with Gasteiger partial charge in [0.1, 0.15) is 0 Å². The Morgan fingerprint density at radius 2 is 1.62 bits per heavy atom. The predicted molar refractivity (Wildman–Crippen MR) is 121 cm³/mol. The molecule has 0 saturated heterocycles. The third-order valence-corrected chi connectivity index (χ3v) is 7.01. The lowest BCUT2D eigenvalue weighted by Crippen LogP contribution is -2.39. The first kappa shape index (κ1) is 22.6. The van der Waals surface area contributed by atoms with Gasteiger partial charge >= 0.3 is 5.97 Å². The molecule has 1 N–H and O–H groups in total. The van der Waals surface area contributed by atoms with Crippen LogP contribution >= 0.6 is 15.9 Å². The second-order valence-corrected chi connectivity index (χ2v) is 9.10. The summed E-state index contributed by atoms with van der Waals surface area (Å²) in [6.07, 6.45) is 3.62. The van der Waals surface area contributed by atoms with Crippen molar-refractivity contribution in [2.45, 2.75) is 50.9 Å². The minimum Gasteiger partial charge on any atom is -0.493 e. The number of Topliss-reactive ketones (excluding diaryl/α,β-unsaturated/α-hetero) is 2. The summed E-state index contributed by atoms with van der Waals surface area (Å²) in [6.45, 7) is 0.260. The van der Waals surface area contributed by atoms with E-state index in [-0.39, 0.29) is 24.5 Å². The topological polar surface area (TPSA) is 93.1 Å². The zero-order valence-corrected chi connectivity index (χ0v) is 19.8. The van der Waals surface area contributed by atoms with Crippen molar-refractivity contribution in [3.63, 3.8) is 0 Å². The molecule has 0 saturated carbocycles. The molecule has 170 valence electrons. The fraction of sp³-hybridized carbons (Fsp3) is 0.458. The Bertz CT molecular complexity index is 1010. The summed E-state index contributed by atoms with van der Waals surface area (Å²) in [5, 5.41) is 9.28. The predicted octanol–water partition coefficient (Wildman–Crippen LogP) is 4.35. The van der Waals surface area contributed by atoms with Gasteiger partial charge in [0.15, 0.2) is 23.1 Å². The first-order valence-corrected chi connectivity index (χ1v) is 11.6. The lowest BCUT2D eigenvalue weighted by molar-refractivity contribution is -0.137. The molecule has 0 radical (unpaired) electrons. The Balaban J connectivity index is 1.94. The fourth-order valence-electron chi connectivity index (χ4n) is 5.13. The standard InChI is InChI=1S/C24H26BrNO6/c1-31-19-12-13(11-14(25)24(19)32-2)21-22-15(5-3-7-17(22)27)26(10-9-20(29)30)16-6-4-8-18(28)23(16)21/h11-12,21H,3-10H2,1-2H3,(H,29,30). The van der Waals surface area contributed by atoms with Crippen LogP contribution in [0.1, 0.15) is 56.4 Å². The van der Waals surface area contributed by atoms with E-state index in [1.165, 1.54) is 0 Å². The molecule has 1 aromatic carbocycles. The lowest BCUT2D eigenvalue weighted by Gasteiger charge is -2.44. The average molecular weight is 504 g/mol. The average Bonchev–Trinajstić information content (AvgIpc) is 2.76. The highest BCUT2D eigenvalue weighted by molar-refractivity contribution is 9.10. The molecule has 4 rings (SSSR count). The van der Waals surface area contributed by atoms with Gasteiger partial charge in [-0.2, -0.15) is 0 Å². The smallest absolute Gasteiger partial charge is 0.305 e. The van der Waals surface area contributed by atoms with Crippen LogP contribution in [0.25, 0.3) is 0 Å². The number of ketones is 2. The van der Waals surface area contributed by atoms with Crippen LogP contribution in [0, 0.1) is 0 Å². The summed E-state index contributed by atoms with van der Waals surface area (Å²) in [7, 11) is 3.11. The first-order valence-electron chi connectivity index (χ1n) is 10.8. The van der Waals surface area contributed by atoms with Crippen molar-refractivity contribution >= 4 is 33.5 Å². The maximum absolute atomic E-state index is 13.2. The van der Waals surface area contributed by atoms with Crippen LogP contribution in [0.4, 0.5) is 0 Å². The van der Waals surface area contributed by atoms with Crippen LogP contribution in [0.5, 0.6) is 11.5 Å². The van der Waals surface area contributed by atoms with E-state index in [0.29, 0.717) is 52.8 Å². The van der Waals surface area contributed by atoms with Gasteiger partial charge in [0.05, 0.1) is 25.1 Å². The van der Waals surface area contributed by atoms with Gasteiger partial charge in [-0.3, -0.25) is 14.4 Å². The summed E-state index contributed by atoms with van der Waals surface area (Å²) in [5.74, 6) is -0.286. The van der Waals surface area contributed by atoms with E-state index < -0.39 is 11.9 Å². The van der Waals surface area contributed by atoms with Crippen LogP contribution in [0.15, 0.2) is 39.1 Å². The molecule has 8 heteroatoms. The van der Waals surface area contributed by atoms with Crippen molar-refractivity contribution in [3.05, 3.63) is 44.7 Å². The maximum Gasteiger partial charge on any atom is 0.305 e. The van der Waals surface area contributed by atoms with E-state index >= 15 is 0 Å². The first-order chi connectivity index (χ1) is 15.4. The van der Waals surface area contributed by atoms with E-state index in [0.717, 1.165) is 29.8 Å². The Hall–Kier alpha value is -2.61. The molecule has 0 unspecified atom stereocenters. The van der Waals surface area contributed by atoms with Gasteiger partial charge in [0, 0.05) is 47.8 Å². The van der Waals surface area contributed by atoms with E-state index in [2.05, 4.69) is 15.9 Å². The van der Waals surface area contributed by atoms with Crippen molar-refractivity contribution < 1.29 is 29.0 Å². The molecule has 0 aromatic heterocycles. The highest BCUT2D eigenvalue weighted by atomic mass is 79.9. The molecule has 1 aliphatic heterocycles. The summed E-state index contributed by atoms with van der Waals surface area (Å²) in [6, 6.07) is 3.72. The number of nitrogens with zero attached hydrogens (tertiary/aromatic N) is 1. The SMILES string of the molecule is COc1cc(C2C3=C(CCCC3=O)N(CCC(=O)O)C3=C2C(=O)CCC3)cc(Br)c1OC. The Morgan fingerprint density at radius 3 is 2.12 bits per heavy atom. The molecular weight excluding hydrogens is 478 g/mol. The highest BCUT2D eigenvalue weighted by Crippen LogP contribution is 2.51. The van der Waals surface area contributed by atoms with E-state index in [1.807, 2.05) is 17.0 Å².